The lowest BCUT2D eigenvalue weighted by Crippen LogP contribution is -2.19. The molecular weight excluding hydrogens is 204 g/mol. The van der Waals surface area contributed by atoms with Gasteiger partial charge in [0.25, 0.3) is 0 Å². The van der Waals surface area contributed by atoms with E-state index in [1.807, 2.05) is 0 Å². The van der Waals surface area contributed by atoms with Crippen molar-refractivity contribution < 1.29 is 4.74 Å². The van der Waals surface area contributed by atoms with Crippen LogP contribution in [0.15, 0.2) is 0 Å². The Morgan fingerprint density at radius 2 is 2.36 bits per heavy atom. The zero-order chi connectivity index (χ0) is 7.68. The van der Waals surface area contributed by atoms with Gasteiger partial charge in [0, 0.05) is 18.5 Å². The molecule has 1 saturated heterocycles. The van der Waals surface area contributed by atoms with E-state index in [4.69, 9.17) is 4.74 Å². The second kappa shape index (κ2) is 3.44. The first-order chi connectivity index (χ1) is 5.42. The molecule has 2 rings (SSSR count). The number of rotatable bonds is 2. The van der Waals surface area contributed by atoms with E-state index in [9.17, 15) is 0 Å². The fraction of sp³-hybridized carbons (Fsp3) is 1.00. The molecule has 1 aliphatic heterocycles. The Labute approximate surface area is 76.6 Å². The lowest BCUT2D eigenvalue weighted by Gasteiger charge is -2.21. The molecule has 0 N–H and O–H groups in total. The molecule has 1 heterocycles. The fourth-order valence-electron chi connectivity index (χ4n) is 2.13. The minimum atomic E-state index is 0.895. The number of halogens is 1. The van der Waals surface area contributed by atoms with E-state index in [-0.39, 0.29) is 0 Å². The smallest absolute Gasteiger partial charge is 0.0497 e. The third-order valence-corrected chi connectivity index (χ3v) is 3.81. The van der Waals surface area contributed by atoms with E-state index in [0.29, 0.717) is 0 Å². The van der Waals surface area contributed by atoms with Gasteiger partial charge in [0.2, 0.25) is 0 Å². The average molecular weight is 219 g/mol. The van der Waals surface area contributed by atoms with Crippen LogP contribution in [0.4, 0.5) is 0 Å². The second-order valence-electron chi connectivity index (χ2n) is 3.79. The van der Waals surface area contributed by atoms with Crippen molar-refractivity contribution in [2.24, 2.45) is 17.8 Å². The van der Waals surface area contributed by atoms with E-state index >= 15 is 0 Å². The molecule has 0 radical (unpaired) electrons. The molecule has 0 aromatic heterocycles. The fourth-order valence-corrected chi connectivity index (χ4v) is 2.87. The van der Waals surface area contributed by atoms with Gasteiger partial charge in [-0.2, -0.15) is 0 Å². The van der Waals surface area contributed by atoms with Crippen LogP contribution in [0.5, 0.6) is 0 Å². The van der Waals surface area contributed by atoms with Crippen LogP contribution in [-0.2, 0) is 4.74 Å². The standard InChI is InChI=1S/C9H15BrO/c10-5-8-4-9(8)7-2-1-3-11-6-7/h7-9H,1-6H2. The van der Waals surface area contributed by atoms with Crippen LogP contribution in [0.3, 0.4) is 0 Å². The molecule has 3 unspecified atom stereocenters. The third kappa shape index (κ3) is 1.78. The first-order valence-electron chi connectivity index (χ1n) is 4.55. The maximum atomic E-state index is 5.46. The Kier molecular flexibility index (Phi) is 2.52. The minimum absolute atomic E-state index is 0.895. The van der Waals surface area contributed by atoms with Gasteiger partial charge in [0.05, 0.1) is 0 Å². The van der Waals surface area contributed by atoms with Crippen LogP contribution in [0.2, 0.25) is 0 Å². The van der Waals surface area contributed by atoms with Crippen LogP contribution < -0.4 is 0 Å². The molecule has 0 amide bonds. The average Bonchev–Trinajstić information content (AvgIpc) is 2.85. The van der Waals surface area contributed by atoms with Crippen molar-refractivity contribution >= 4 is 15.9 Å². The number of alkyl halides is 1. The van der Waals surface area contributed by atoms with Gasteiger partial charge in [0.1, 0.15) is 0 Å². The second-order valence-corrected chi connectivity index (χ2v) is 4.44. The Morgan fingerprint density at radius 3 is 2.91 bits per heavy atom. The maximum Gasteiger partial charge on any atom is 0.0497 e. The van der Waals surface area contributed by atoms with Gasteiger partial charge in [-0.3, -0.25) is 0 Å². The molecule has 0 aromatic rings. The molecule has 0 aromatic carbocycles. The Bertz CT molecular complexity index is 132. The first-order valence-corrected chi connectivity index (χ1v) is 5.67. The van der Waals surface area contributed by atoms with Crippen molar-refractivity contribution in [1.82, 2.24) is 0 Å². The van der Waals surface area contributed by atoms with Crippen LogP contribution in [0.25, 0.3) is 0 Å². The quantitative estimate of drug-likeness (QED) is 0.648. The number of ether oxygens (including phenoxy) is 1. The molecule has 64 valence electrons. The van der Waals surface area contributed by atoms with Gasteiger partial charge >= 0.3 is 0 Å². The van der Waals surface area contributed by atoms with Crippen molar-refractivity contribution in [3.05, 3.63) is 0 Å². The van der Waals surface area contributed by atoms with Gasteiger partial charge in [-0.05, 0) is 37.0 Å². The lowest BCUT2D eigenvalue weighted by molar-refractivity contribution is 0.0449. The molecule has 2 aliphatic rings. The van der Waals surface area contributed by atoms with Crippen molar-refractivity contribution in [3.8, 4) is 0 Å². The van der Waals surface area contributed by atoms with E-state index in [2.05, 4.69) is 15.9 Å². The molecule has 0 bridgehead atoms. The maximum absolute atomic E-state index is 5.46. The molecule has 2 fully saturated rings. The Morgan fingerprint density at radius 1 is 1.45 bits per heavy atom. The summed E-state index contributed by atoms with van der Waals surface area (Å²) in [7, 11) is 0. The molecule has 2 heteroatoms. The summed E-state index contributed by atoms with van der Waals surface area (Å²) in [4.78, 5) is 0. The van der Waals surface area contributed by atoms with Gasteiger partial charge in [0.15, 0.2) is 0 Å². The first kappa shape index (κ1) is 8.06. The summed E-state index contributed by atoms with van der Waals surface area (Å²) in [5, 5.41) is 1.20. The van der Waals surface area contributed by atoms with Crippen molar-refractivity contribution in [3.63, 3.8) is 0 Å². The van der Waals surface area contributed by atoms with Gasteiger partial charge in [-0.1, -0.05) is 15.9 Å². The highest BCUT2D eigenvalue weighted by Gasteiger charge is 2.42. The van der Waals surface area contributed by atoms with Gasteiger partial charge < -0.3 is 4.74 Å². The van der Waals surface area contributed by atoms with Crippen molar-refractivity contribution in [1.29, 1.82) is 0 Å². The number of hydrogen-bond acceptors (Lipinski definition) is 1. The van der Waals surface area contributed by atoms with Crippen LogP contribution in [-0.4, -0.2) is 18.5 Å². The molecule has 1 aliphatic carbocycles. The third-order valence-electron chi connectivity index (χ3n) is 2.98. The summed E-state index contributed by atoms with van der Waals surface area (Å²) in [6, 6.07) is 0. The van der Waals surface area contributed by atoms with Gasteiger partial charge in [-0.25, -0.2) is 0 Å². The summed E-state index contributed by atoms with van der Waals surface area (Å²) in [6.07, 6.45) is 4.14. The predicted octanol–water partition coefficient (Wildman–Crippen LogP) is 2.44. The zero-order valence-corrected chi connectivity index (χ0v) is 8.35. The predicted molar refractivity (Wildman–Crippen MR) is 48.9 cm³/mol. The molecule has 11 heavy (non-hydrogen) atoms. The Balaban J connectivity index is 1.77. The minimum Gasteiger partial charge on any atom is -0.381 e. The monoisotopic (exact) mass is 218 g/mol. The van der Waals surface area contributed by atoms with Crippen LogP contribution in [0.1, 0.15) is 19.3 Å². The van der Waals surface area contributed by atoms with E-state index in [1.54, 1.807) is 0 Å². The zero-order valence-electron chi connectivity index (χ0n) is 6.76. The highest BCUT2D eigenvalue weighted by atomic mass is 79.9. The molecule has 0 spiro atoms. The molecule has 1 nitrogen and oxygen atoms in total. The van der Waals surface area contributed by atoms with Crippen LogP contribution >= 0.6 is 15.9 Å². The van der Waals surface area contributed by atoms with E-state index in [1.165, 1.54) is 24.6 Å². The van der Waals surface area contributed by atoms with Crippen LogP contribution in [0, 0.1) is 17.8 Å². The summed E-state index contributed by atoms with van der Waals surface area (Å²) >= 11 is 3.54. The summed E-state index contributed by atoms with van der Waals surface area (Å²) < 4.78 is 5.46. The van der Waals surface area contributed by atoms with Crippen molar-refractivity contribution in [2.45, 2.75) is 19.3 Å². The summed E-state index contributed by atoms with van der Waals surface area (Å²) in [5.74, 6) is 2.86. The van der Waals surface area contributed by atoms with E-state index in [0.717, 1.165) is 31.0 Å². The summed E-state index contributed by atoms with van der Waals surface area (Å²) in [5.41, 5.74) is 0. The highest BCUT2D eigenvalue weighted by molar-refractivity contribution is 9.09. The summed E-state index contributed by atoms with van der Waals surface area (Å²) in [6.45, 7) is 2.04. The lowest BCUT2D eigenvalue weighted by atomic mass is 9.96. The van der Waals surface area contributed by atoms with Gasteiger partial charge in [-0.15, -0.1) is 0 Å². The Hall–Kier alpha value is 0.440. The molecule has 1 saturated carbocycles. The van der Waals surface area contributed by atoms with Crippen molar-refractivity contribution in [2.75, 3.05) is 18.5 Å². The SMILES string of the molecule is BrCC1CC1C1CCCOC1. The largest absolute Gasteiger partial charge is 0.381 e. The highest BCUT2D eigenvalue weighted by Crippen LogP contribution is 2.47. The van der Waals surface area contributed by atoms with E-state index < -0.39 is 0 Å². The topological polar surface area (TPSA) is 9.23 Å². The molecular formula is C9H15BrO. The normalized spacial score (nSPS) is 43.9. The molecule has 3 atom stereocenters. The number of hydrogen-bond donors (Lipinski definition) is 0.